The minimum absolute atomic E-state index is 0.490. The molecule has 0 saturated heterocycles. The molecule has 0 atom stereocenters. The van der Waals surface area contributed by atoms with Gasteiger partial charge in [0.05, 0.1) is 17.8 Å². The highest BCUT2D eigenvalue weighted by atomic mass is 35.5. The van der Waals surface area contributed by atoms with Crippen LogP contribution < -0.4 is 0 Å². The van der Waals surface area contributed by atoms with E-state index in [0.717, 1.165) is 24.8 Å². The third-order valence-electron chi connectivity index (χ3n) is 2.65. The Kier molecular flexibility index (Phi) is 2.35. The van der Waals surface area contributed by atoms with Crippen LogP contribution in [0.15, 0.2) is 22.4 Å². The SMILES string of the molecule is CS(=O)(=O)N1C=C(Cl)C2=C(CCC2)C1. The second kappa shape index (κ2) is 3.28. The fraction of sp³-hybridized carbons (Fsp3) is 0.556. The minimum Gasteiger partial charge on any atom is -0.272 e. The van der Waals surface area contributed by atoms with Gasteiger partial charge in [-0.25, -0.2) is 8.42 Å². The molecule has 0 spiro atoms. The third kappa shape index (κ3) is 1.68. The van der Waals surface area contributed by atoms with E-state index in [9.17, 15) is 8.42 Å². The van der Waals surface area contributed by atoms with Crippen molar-refractivity contribution in [3.8, 4) is 0 Å². The molecule has 0 aromatic carbocycles. The number of hydrogen-bond acceptors (Lipinski definition) is 2. The molecular formula is C9H12ClNO2S. The fourth-order valence-corrected chi connectivity index (χ4v) is 3.01. The zero-order chi connectivity index (χ0) is 10.3. The van der Waals surface area contributed by atoms with Gasteiger partial charge in [-0.2, -0.15) is 0 Å². The highest BCUT2D eigenvalue weighted by Crippen LogP contribution is 2.37. The lowest BCUT2D eigenvalue weighted by Gasteiger charge is -2.24. The highest BCUT2D eigenvalue weighted by molar-refractivity contribution is 7.88. The van der Waals surface area contributed by atoms with Crippen molar-refractivity contribution in [2.24, 2.45) is 0 Å². The van der Waals surface area contributed by atoms with Gasteiger partial charge in [0.1, 0.15) is 0 Å². The smallest absolute Gasteiger partial charge is 0.232 e. The minimum atomic E-state index is -3.16. The van der Waals surface area contributed by atoms with Crippen molar-refractivity contribution in [1.29, 1.82) is 0 Å². The molecule has 1 heterocycles. The summed E-state index contributed by atoms with van der Waals surface area (Å²) in [6.45, 7) is 0.490. The van der Waals surface area contributed by atoms with Gasteiger partial charge in [-0.15, -0.1) is 0 Å². The van der Waals surface area contributed by atoms with E-state index >= 15 is 0 Å². The van der Waals surface area contributed by atoms with Crippen LogP contribution in [0.4, 0.5) is 0 Å². The Bertz CT molecular complexity index is 422. The molecule has 0 aromatic heterocycles. The van der Waals surface area contributed by atoms with Crippen molar-refractivity contribution in [1.82, 2.24) is 4.31 Å². The second-order valence-corrected chi connectivity index (χ2v) is 6.06. The van der Waals surface area contributed by atoms with Crippen LogP contribution >= 0.6 is 11.6 Å². The zero-order valence-corrected chi connectivity index (χ0v) is 9.53. The van der Waals surface area contributed by atoms with Gasteiger partial charge in [-0.05, 0) is 30.4 Å². The van der Waals surface area contributed by atoms with Gasteiger partial charge in [0.15, 0.2) is 0 Å². The average Bonchev–Trinajstić information content (AvgIpc) is 2.50. The van der Waals surface area contributed by atoms with E-state index in [-0.39, 0.29) is 0 Å². The first-order chi connectivity index (χ1) is 6.48. The summed E-state index contributed by atoms with van der Waals surface area (Å²) < 4.78 is 24.0. The first kappa shape index (κ1) is 10.1. The molecule has 0 unspecified atom stereocenters. The highest BCUT2D eigenvalue weighted by Gasteiger charge is 2.26. The maximum atomic E-state index is 11.3. The molecule has 0 amide bonds. The van der Waals surface area contributed by atoms with Crippen molar-refractivity contribution in [2.45, 2.75) is 19.3 Å². The standard InChI is InChI=1S/C9H12ClNO2S/c1-14(12,13)11-5-7-3-2-4-8(7)9(10)6-11/h6H,2-5H2,1H3. The van der Waals surface area contributed by atoms with E-state index in [1.54, 1.807) is 0 Å². The van der Waals surface area contributed by atoms with Crippen LogP contribution in [0.2, 0.25) is 0 Å². The molecule has 0 saturated carbocycles. The predicted octanol–water partition coefficient (Wildman–Crippen LogP) is 1.82. The number of hydrogen-bond donors (Lipinski definition) is 0. The van der Waals surface area contributed by atoms with Crippen LogP contribution in [0.1, 0.15) is 19.3 Å². The summed E-state index contributed by atoms with van der Waals surface area (Å²) in [6, 6.07) is 0. The predicted molar refractivity (Wildman–Crippen MR) is 56.4 cm³/mol. The summed E-state index contributed by atoms with van der Waals surface area (Å²) in [5.41, 5.74) is 2.34. The molecule has 14 heavy (non-hydrogen) atoms. The summed E-state index contributed by atoms with van der Waals surface area (Å²) in [5.74, 6) is 0. The van der Waals surface area contributed by atoms with E-state index in [0.29, 0.717) is 11.6 Å². The van der Waals surface area contributed by atoms with Crippen LogP contribution in [-0.4, -0.2) is 25.5 Å². The molecule has 0 radical (unpaired) electrons. The first-order valence-electron chi connectivity index (χ1n) is 4.54. The second-order valence-electron chi connectivity index (χ2n) is 3.72. The number of sulfonamides is 1. The Morgan fingerprint density at radius 3 is 2.79 bits per heavy atom. The van der Waals surface area contributed by atoms with Crippen molar-refractivity contribution in [3.63, 3.8) is 0 Å². The molecule has 78 valence electrons. The van der Waals surface area contributed by atoms with Crippen molar-refractivity contribution < 1.29 is 8.42 Å². The van der Waals surface area contributed by atoms with Gasteiger partial charge in [0.25, 0.3) is 0 Å². The maximum absolute atomic E-state index is 11.3. The summed E-state index contributed by atoms with van der Waals surface area (Å²) in [5, 5.41) is 0.592. The molecule has 5 heteroatoms. The van der Waals surface area contributed by atoms with Crippen molar-refractivity contribution >= 4 is 21.6 Å². The van der Waals surface area contributed by atoms with Crippen LogP contribution in [-0.2, 0) is 10.0 Å². The Labute approximate surface area is 89.1 Å². The molecule has 0 aromatic rings. The van der Waals surface area contributed by atoms with Crippen molar-refractivity contribution in [2.75, 3.05) is 12.8 Å². The lowest BCUT2D eigenvalue weighted by Crippen LogP contribution is -2.29. The van der Waals surface area contributed by atoms with Crippen LogP contribution in [0.5, 0.6) is 0 Å². The van der Waals surface area contributed by atoms with Crippen LogP contribution in [0.25, 0.3) is 0 Å². The lowest BCUT2D eigenvalue weighted by atomic mass is 10.1. The van der Waals surface area contributed by atoms with Crippen molar-refractivity contribution in [3.05, 3.63) is 22.4 Å². The zero-order valence-electron chi connectivity index (χ0n) is 7.96. The van der Waals surface area contributed by atoms with E-state index in [1.165, 1.54) is 22.3 Å². The van der Waals surface area contributed by atoms with Gasteiger partial charge < -0.3 is 0 Å². The molecule has 1 aliphatic heterocycles. The first-order valence-corrected chi connectivity index (χ1v) is 6.76. The van der Waals surface area contributed by atoms with Crippen LogP contribution in [0, 0.1) is 0 Å². The normalized spacial score (nSPS) is 22.4. The maximum Gasteiger partial charge on any atom is 0.232 e. The molecular weight excluding hydrogens is 222 g/mol. The Morgan fingerprint density at radius 2 is 2.14 bits per heavy atom. The quantitative estimate of drug-likeness (QED) is 0.693. The third-order valence-corrected chi connectivity index (χ3v) is 4.06. The lowest BCUT2D eigenvalue weighted by molar-refractivity contribution is 0.517. The molecule has 3 nitrogen and oxygen atoms in total. The Hall–Kier alpha value is -0.480. The van der Waals surface area contributed by atoms with E-state index < -0.39 is 10.0 Å². The van der Waals surface area contributed by atoms with Crippen LogP contribution in [0.3, 0.4) is 0 Å². The van der Waals surface area contributed by atoms with E-state index in [4.69, 9.17) is 11.6 Å². The molecule has 1 aliphatic carbocycles. The summed E-state index contributed by atoms with van der Waals surface area (Å²) in [4.78, 5) is 0. The molecule has 2 aliphatic rings. The van der Waals surface area contributed by atoms with Gasteiger partial charge in [0, 0.05) is 6.20 Å². The molecule has 0 bridgehead atoms. The summed E-state index contributed by atoms with van der Waals surface area (Å²) in [7, 11) is -3.16. The average molecular weight is 234 g/mol. The number of allylic oxidation sites excluding steroid dienone is 2. The Morgan fingerprint density at radius 1 is 1.43 bits per heavy atom. The van der Waals surface area contributed by atoms with Gasteiger partial charge in [0.2, 0.25) is 10.0 Å². The number of nitrogens with zero attached hydrogens (tertiary/aromatic N) is 1. The number of halogens is 1. The molecule has 0 fully saturated rings. The summed E-state index contributed by atoms with van der Waals surface area (Å²) >= 11 is 6.02. The molecule has 0 N–H and O–H groups in total. The fourth-order valence-electron chi connectivity index (χ4n) is 1.92. The van der Waals surface area contributed by atoms with E-state index in [2.05, 4.69) is 0 Å². The largest absolute Gasteiger partial charge is 0.272 e. The van der Waals surface area contributed by atoms with Gasteiger partial charge in [-0.3, -0.25) is 4.31 Å². The topological polar surface area (TPSA) is 37.4 Å². The monoisotopic (exact) mass is 233 g/mol. The number of rotatable bonds is 1. The Balaban J connectivity index is 2.34. The van der Waals surface area contributed by atoms with Gasteiger partial charge >= 0.3 is 0 Å². The summed E-state index contributed by atoms with van der Waals surface area (Å²) in [6.07, 6.45) is 5.79. The van der Waals surface area contributed by atoms with E-state index in [1.807, 2.05) is 0 Å². The molecule has 2 rings (SSSR count). The van der Waals surface area contributed by atoms with Gasteiger partial charge in [-0.1, -0.05) is 11.6 Å².